The Bertz CT molecular complexity index is 1430. The number of rotatable bonds is 7. The number of hydrogen-bond donors (Lipinski definition) is 2. The number of nitrogens with zero attached hydrogens (tertiary/aromatic N) is 1. The van der Waals surface area contributed by atoms with Crippen LogP contribution in [0.3, 0.4) is 0 Å². The van der Waals surface area contributed by atoms with Gasteiger partial charge in [0.05, 0.1) is 12.6 Å². The number of carbonyl (C=O) groups is 2. The lowest BCUT2D eigenvalue weighted by molar-refractivity contribution is -0.139. The maximum absolute atomic E-state index is 12.6. The van der Waals surface area contributed by atoms with Crippen LogP contribution < -0.4 is 10.1 Å². The van der Waals surface area contributed by atoms with E-state index in [4.69, 9.17) is 21.1 Å². The van der Waals surface area contributed by atoms with Crippen LogP contribution in [-0.2, 0) is 16.0 Å². The van der Waals surface area contributed by atoms with Crippen molar-refractivity contribution in [3.05, 3.63) is 94.6 Å². The van der Waals surface area contributed by atoms with Gasteiger partial charge in [0.2, 0.25) is 0 Å². The van der Waals surface area contributed by atoms with Gasteiger partial charge in [0.1, 0.15) is 23.6 Å². The van der Waals surface area contributed by atoms with Crippen LogP contribution in [0.2, 0.25) is 5.15 Å². The molecule has 1 aliphatic rings. The molecule has 8 heteroatoms. The lowest BCUT2D eigenvalue weighted by atomic mass is 9.98. The zero-order valence-electron chi connectivity index (χ0n) is 19.4. The molecule has 0 saturated heterocycles. The van der Waals surface area contributed by atoms with Crippen LogP contribution in [0.1, 0.15) is 22.6 Å². The number of aromatic nitrogens is 1. The molecule has 1 aliphatic carbocycles. The van der Waals surface area contributed by atoms with Crippen molar-refractivity contribution < 1.29 is 24.2 Å². The largest absolute Gasteiger partial charge is 0.497 e. The lowest BCUT2D eigenvalue weighted by Crippen LogP contribution is -2.43. The Balaban J connectivity index is 1.30. The lowest BCUT2D eigenvalue weighted by Gasteiger charge is -2.18. The molecular formula is C28H23ClN2O5. The molecule has 0 fully saturated rings. The summed E-state index contributed by atoms with van der Waals surface area (Å²) in [6, 6.07) is 21.8. The highest BCUT2D eigenvalue weighted by Gasteiger charge is 2.30. The molecule has 7 nitrogen and oxygen atoms in total. The third-order valence-electron chi connectivity index (χ3n) is 6.41. The van der Waals surface area contributed by atoms with Crippen LogP contribution in [0.5, 0.6) is 5.75 Å². The summed E-state index contributed by atoms with van der Waals surface area (Å²) in [6.45, 7) is 0.0876. The Morgan fingerprint density at radius 2 is 1.69 bits per heavy atom. The number of benzene rings is 3. The van der Waals surface area contributed by atoms with E-state index < -0.39 is 18.1 Å². The molecule has 0 radical (unpaired) electrons. The zero-order valence-corrected chi connectivity index (χ0v) is 20.2. The van der Waals surface area contributed by atoms with Crippen molar-refractivity contribution in [3.63, 3.8) is 0 Å². The molecule has 36 heavy (non-hydrogen) atoms. The van der Waals surface area contributed by atoms with Crippen LogP contribution in [0, 0.1) is 0 Å². The second kappa shape index (κ2) is 9.87. The minimum absolute atomic E-state index is 0.0570. The van der Waals surface area contributed by atoms with E-state index >= 15 is 0 Å². The van der Waals surface area contributed by atoms with Gasteiger partial charge < -0.3 is 19.9 Å². The Labute approximate surface area is 212 Å². The van der Waals surface area contributed by atoms with Crippen molar-refractivity contribution in [2.75, 3.05) is 13.7 Å². The number of fused-ring (bicyclic) bond motifs is 4. The number of nitrogens with one attached hydrogen (secondary N) is 1. The van der Waals surface area contributed by atoms with Crippen molar-refractivity contribution in [1.82, 2.24) is 10.3 Å². The SMILES string of the molecule is COc1ccc2nc(Cl)c(CC(NC(=O)OCC3c4ccccc4-c4ccccc43)C(=O)O)cc2c1. The van der Waals surface area contributed by atoms with Gasteiger partial charge in [-0.3, -0.25) is 0 Å². The Kier molecular flexibility index (Phi) is 6.48. The van der Waals surface area contributed by atoms with Crippen molar-refractivity contribution in [1.29, 1.82) is 0 Å². The minimum atomic E-state index is -1.25. The van der Waals surface area contributed by atoms with Gasteiger partial charge in [-0.15, -0.1) is 0 Å². The third-order valence-corrected chi connectivity index (χ3v) is 6.73. The van der Waals surface area contributed by atoms with Crippen molar-refractivity contribution in [2.24, 2.45) is 0 Å². The van der Waals surface area contributed by atoms with Crippen molar-refractivity contribution in [2.45, 2.75) is 18.4 Å². The van der Waals surface area contributed by atoms with Crippen LogP contribution in [0.25, 0.3) is 22.0 Å². The van der Waals surface area contributed by atoms with E-state index in [0.29, 0.717) is 16.8 Å². The van der Waals surface area contributed by atoms with Gasteiger partial charge in [-0.05, 0) is 52.1 Å². The minimum Gasteiger partial charge on any atom is -0.497 e. The molecule has 0 saturated carbocycles. The highest BCUT2D eigenvalue weighted by atomic mass is 35.5. The second-order valence-corrected chi connectivity index (χ2v) is 8.92. The zero-order chi connectivity index (χ0) is 25.2. The standard InChI is InChI=1S/C28H23ClN2O5/c1-35-18-10-11-24-16(13-18)12-17(26(29)30-24)14-25(27(32)33)31-28(34)36-15-23-21-8-4-2-6-19(21)20-7-3-5-9-22(20)23/h2-13,23,25H,14-15H2,1H3,(H,31,34)(H,32,33). The molecule has 182 valence electrons. The van der Waals surface area contributed by atoms with E-state index in [1.54, 1.807) is 31.4 Å². The predicted molar refractivity (Wildman–Crippen MR) is 137 cm³/mol. The first-order valence-corrected chi connectivity index (χ1v) is 11.8. The average molecular weight is 503 g/mol. The monoisotopic (exact) mass is 502 g/mol. The van der Waals surface area contributed by atoms with E-state index in [-0.39, 0.29) is 24.1 Å². The third kappa shape index (κ3) is 4.57. The summed E-state index contributed by atoms with van der Waals surface area (Å²) in [5.74, 6) is -0.685. The van der Waals surface area contributed by atoms with E-state index in [2.05, 4.69) is 10.3 Å². The van der Waals surface area contributed by atoms with E-state index in [9.17, 15) is 14.7 Å². The van der Waals surface area contributed by atoms with Gasteiger partial charge in [0.25, 0.3) is 0 Å². The fourth-order valence-electron chi connectivity index (χ4n) is 4.65. The maximum Gasteiger partial charge on any atom is 0.407 e. The van der Waals surface area contributed by atoms with Gasteiger partial charge in [-0.2, -0.15) is 0 Å². The van der Waals surface area contributed by atoms with E-state index in [0.717, 1.165) is 27.6 Å². The number of ether oxygens (including phenoxy) is 2. The number of pyridine rings is 1. The van der Waals surface area contributed by atoms with E-state index in [1.807, 2.05) is 48.5 Å². The first kappa shape index (κ1) is 23.6. The Morgan fingerprint density at radius 3 is 2.33 bits per heavy atom. The number of methoxy groups -OCH3 is 1. The molecule has 1 atom stereocenters. The molecule has 4 aromatic rings. The number of amides is 1. The number of carboxylic acid groups (broad SMARTS) is 1. The number of alkyl carbamates (subject to hydrolysis) is 1. The number of carboxylic acids is 1. The summed E-state index contributed by atoms with van der Waals surface area (Å²) < 4.78 is 10.8. The molecule has 3 aromatic carbocycles. The van der Waals surface area contributed by atoms with Gasteiger partial charge in [0.15, 0.2) is 0 Å². The van der Waals surface area contributed by atoms with Crippen LogP contribution in [-0.4, -0.2) is 41.9 Å². The van der Waals surface area contributed by atoms with Crippen LogP contribution >= 0.6 is 11.6 Å². The van der Waals surface area contributed by atoms with Gasteiger partial charge >= 0.3 is 12.1 Å². The molecule has 1 unspecified atom stereocenters. The van der Waals surface area contributed by atoms with Gasteiger partial charge in [0, 0.05) is 17.7 Å². The Hall–Kier alpha value is -4.10. The Morgan fingerprint density at radius 1 is 1.03 bits per heavy atom. The number of aliphatic carboxylic acids is 1. The fraction of sp³-hybridized carbons (Fsp3) is 0.179. The molecule has 5 rings (SSSR count). The number of carbonyl (C=O) groups excluding carboxylic acids is 1. The second-order valence-electron chi connectivity index (χ2n) is 8.56. The predicted octanol–water partition coefficient (Wildman–Crippen LogP) is 5.43. The quantitative estimate of drug-likeness (QED) is 0.327. The molecule has 1 amide bonds. The summed E-state index contributed by atoms with van der Waals surface area (Å²) >= 11 is 6.33. The van der Waals surface area contributed by atoms with Gasteiger partial charge in [-0.1, -0.05) is 60.1 Å². The maximum atomic E-state index is 12.6. The molecule has 1 aromatic heterocycles. The summed E-state index contributed by atoms with van der Waals surface area (Å²) in [7, 11) is 1.56. The number of hydrogen-bond acceptors (Lipinski definition) is 5. The summed E-state index contributed by atoms with van der Waals surface area (Å²) in [5.41, 5.74) is 5.52. The van der Waals surface area contributed by atoms with E-state index in [1.165, 1.54) is 0 Å². The van der Waals surface area contributed by atoms with Crippen molar-refractivity contribution in [3.8, 4) is 16.9 Å². The molecule has 0 spiro atoms. The summed E-state index contributed by atoms with van der Waals surface area (Å²) in [6.07, 6.45) is -0.866. The summed E-state index contributed by atoms with van der Waals surface area (Å²) in [4.78, 5) is 28.9. The highest BCUT2D eigenvalue weighted by molar-refractivity contribution is 6.30. The molecule has 2 N–H and O–H groups in total. The first-order chi connectivity index (χ1) is 17.4. The van der Waals surface area contributed by atoms with Crippen LogP contribution in [0.4, 0.5) is 4.79 Å². The highest BCUT2D eigenvalue weighted by Crippen LogP contribution is 2.44. The molecular weight excluding hydrogens is 480 g/mol. The normalized spacial score (nSPS) is 13.1. The average Bonchev–Trinajstić information content (AvgIpc) is 3.20. The molecule has 0 bridgehead atoms. The van der Waals surface area contributed by atoms with Gasteiger partial charge in [-0.25, -0.2) is 14.6 Å². The first-order valence-electron chi connectivity index (χ1n) is 11.4. The van der Waals surface area contributed by atoms with Crippen molar-refractivity contribution >= 4 is 34.6 Å². The topological polar surface area (TPSA) is 97.8 Å². The van der Waals surface area contributed by atoms with Crippen LogP contribution in [0.15, 0.2) is 72.8 Å². The molecule has 1 heterocycles. The molecule has 0 aliphatic heterocycles. The smallest absolute Gasteiger partial charge is 0.407 e. The fourth-order valence-corrected chi connectivity index (χ4v) is 4.87. The number of halogens is 1. The summed E-state index contributed by atoms with van der Waals surface area (Å²) in [5, 5.41) is 13.1.